The summed E-state index contributed by atoms with van der Waals surface area (Å²) in [5.41, 5.74) is 5.44. The third kappa shape index (κ3) is 1.58. The number of hydrogen-bond acceptors (Lipinski definition) is 3. The van der Waals surface area contributed by atoms with Crippen LogP contribution in [0.3, 0.4) is 0 Å². The molecule has 0 radical (unpaired) electrons. The molecular formula is C6H13N5O. The molecule has 0 bridgehead atoms. The molecule has 68 valence electrons. The molecule has 6 nitrogen and oxygen atoms in total. The lowest BCUT2D eigenvalue weighted by Gasteiger charge is -2.32. The average Bonchev–Trinajstić information content (AvgIpc) is 2.08. The van der Waals surface area contributed by atoms with Gasteiger partial charge in [0.2, 0.25) is 11.9 Å². The van der Waals surface area contributed by atoms with Gasteiger partial charge in [0.15, 0.2) is 0 Å². The number of hydrogen-bond donors (Lipinski definition) is 2. The van der Waals surface area contributed by atoms with Crippen molar-refractivity contribution < 1.29 is 4.79 Å². The minimum Gasteiger partial charge on any atom is -0.368 e. The smallest absolute Gasteiger partial charge is 0.242 e. The molecule has 6 heteroatoms. The molecule has 4 N–H and O–H groups in total. The van der Waals surface area contributed by atoms with E-state index >= 15 is 0 Å². The van der Waals surface area contributed by atoms with Crippen LogP contribution in [0.2, 0.25) is 0 Å². The molecule has 0 aliphatic carbocycles. The van der Waals surface area contributed by atoms with Gasteiger partial charge in [0.05, 0.1) is 6.54 Å². The van der Waals surface area contributed by atoms with Gasteiger partial charge in [0.25, 0.3) is 0 Å². The Bertz CT molecular complexity index is 214. The van der Waals surface area contributed by atoms with E-state index in [0.717, 1.165) is 0 Å². The molecule has 0 aromatic rings. The van der Waals surface area contributed by atoms with E-state index in [1.54, 1.807) is 16.8 Å². The van der Waals surface area contributed by atoms with E-state index in [9.17, 15) is 4.79 Å². The number of carbonyl (C=O) groups is 1. The van der Waals surface area contributed by atoms with Gasteiger partial charge in [-0.2, -0.15) is 0 Å². The highest BCUT2D eigenvalue weighted by atomic mass is 16.2. The quantitative estimate of drug-likeness (QED) is 0.190. The topological polar surface area (TPSA) is 87.9 Å². The Labute approximate surface area is 70.8 Å². The highest BCUT2D eigenvalue weighted by molar-refractivity contribution is 5.86. The molecular weight excluding hydrogens is 158 g/mol. The molecule has 12 heavy (non-hydrogen) atoms. The molecule has 0 aromatic heterocycles. The van der Waals surface area contributed by atoms with Crippen LogP contribution in [0.1, 0.15) is 0 Å². The van der Waals surface area contributed by atoms with Crippen LogP contribution in [-0.2, 0) is 4.79 Å². The molecule has 1 aliphatic heterocycles. The fourth-order valence-corrected chi connectivity index (χ4v) is 1.04. The number of rotatable bonds is 0. The predicted octanol–water partition coefficient (Wildman–Crippen LogP) is -2.05. The maximum Gasteiger partial charge on any atom is 0.242 e. The largest absolute Gasteiger partial charge is 0.368 e. The molecule has 1 rings (SSSR count). The van der Waals surface area contributed by atoms with Gasteiger partial charge in [0, 0.05) is 20.1 Å². The van der Waals surface area contributed by atoms with Gasteiger partial charge in [-0.3, -0.25) is 4.79 Å². The third-order valence-corrected chi connectivity index (χ3v) is 1.91. The van der Waals surface area contributed by atoms with E-state index in [2.05, 4.69) is 5.10 Å². The molecule has 0 unspecified atom stereocenters. The van der Waals surface area contributed by atoms with Gasteiger partial charge in [-0.05, 0) is 0 Å². The summed E-state index contributed by atoms with van der Waals surface area (Å²) in [5.74, 6) is 5.23. The zero-order valence-electron chi connectivity index (χ0n) is 7.03. The molecule has 0 spiro atoms. The van der Waals surface area contributed by atoms with Crippen molar-refractivity contribution in [3.05, 3.63) is 0 Å². The second-order valence-electron chi connectivity index (χ2n) is 2.72. The first-order valence-corrected chi connectivity index (χ1v) is 3.67. The Morgan fingerprint density at radius 3 is 2.75 bits per heavy atom. The van der Waals surface area contributed by atoms with E-state index in [1.165, 1.54) is 0 Å². The summed E-state index contributed by atoms with van der Waals surface area (Å²) in [6, 6.07) is 0. The normalized spacial score (nSPS) is 20.1. The summed E-state index contributed by atoms with van der Waals surface area (Å²) in [5, 5.41) is 3.32. The zero-order chi connectivity index (χ0) is 9.14. The van der Waals surface area contributed by atoms with Crippen LogP contribution >= 0.6 is 0 Å². The first-order valence-electron chi connectivity index (χ1n) is 3.67. The van der Waals surface area contributed by atoms with Crippen molar-refractivity contribution in [2.24, 2.45) is 16.7 Å². The molecule has 1 aliphatic rings. The van der Waals surface area contributed by atoms with Gasteiger partial charge in [0.1, 0.15) is 0 Å². The number of amides is 1. The van der Waals surface area contributed by atoms with Crippen molar-refractivity contribution in [3.8, 4) is 0 Å². The van der Waals surface area contributed by atoms with Gasteiger partial charge in [-0.15, -0.1) is 5.10 Å². The van der Waals surface area contributed by atoms with Crippen molar-refractivity contribution in [1.29, 1.82) is 0 Å². The van der Waals surface area contributed by atoms with E-state index < -0.39 is 0 Å². The fraction of sp³-hybridized carbons (Fsp3) is 0.667. The van der Waals surface area contributed by atoms with Crippen LogP contribution in [0, 0.1) is 0 Å². The van der Waals surface area contributed by atoms with Crippen LogP contribution in [0.4, 0.5) is 0 Å². The van der Waals surface area contributed by atoms with Crippen molar-refractivity contribution in [1.82, 2.24) is 9.80 Å². The van der Waals surface area contributed by atoms with E-state index in [1.807, 2.05) is 0 Å². The summed E-state index contributed by atoms with van der Waals surface area (Å²) in [7, 11) is 1.76. The lowest BCUT2D eigenvalue weighted by Crippen LogP contribution is -2.53. The third-order valence-electron chi connectivity index (χ3n) is 1.91. The van der Waals surface area contributed by atoms with Gasteiger partial charge < -0.3 is 21.4 Å². The monoisotopic (exact) mass is 171 g/mol. The summed E-state index contributed by atoms with van der Waals surface area (Å²) in [6.07, 6.45) is 0. The molecule has 1 amide bonds. The number of guanidine groups is 1. The number of carbonyl (C=O) groups excluding carboxylic acids is 1. The number of hydrazone groups is 1. The summed E-state index contributed by atoms with van der Waals surface area (Å²) < 4.78 is 0. The van der Waals surface area contributed by atoms with Crippen LogP contribution in [-0.4, -0.2) is 48.3 Å². The van der Waals surface area contributed by atoms with Crippen LogP contribution < -0.4 is 11.6 Å². The van der Waals surface area contributed by atoms with Crippen LogP contribution in [0.5, 0.6) is 0 Å². The second-order valence-corrected chi connectivity index (χ2v) is 2.72. The number of nitrogens with zero attached hydrogens (tertiary/aromatic N) is 3. The first kappa shape index (κ1) is 8.63. The van der Waals surface area contributed by atoms with Crippen molar-refractivity contribution in [3.63, 3.8) is 0 Å². The summed E-state index contributed by atoms with van der Waals surface area (Å²) in [6.45, 7) is 1.62. The Kier molecular flexibility index (Phi) is 2.37. The Hall–Kier alpha value is -1.46. The van der Waals surface area contributed by atoms with Gasteiger partial charge >= 0.3 is 0 Å². The van der Waals surface area contributed by atoms with Gasteiger partial charge in [-0.25, -0.2) is 0 Å². The lowest BCUT2D eigenvalue weighted by atomic mass is 10.3. The first-order chi connectivity index (χ1) is 5.65. The maximum absolute atomic E-state index is 11.2. The Balaban J connectivity index is 2.57. The van der Waals surface area contributed by atoms with E-state index in [4.69, 9.17) is 11.6 Å². The summed E-state index contributed by atoms with van der Waals surface area (Å²) in [4.78, 5) is 14.5. The number of likely N-dealkylation sites (N-methyl/N-ethyl adjacent to an activating group) is 1. The fourth-order valence-electron chi connectivity index (χ4n) is 1.04. The van der Waals surface area contributed by atoms with E-state index in [-0.39, 0.29) is 18.4 Å². The molecule has 1 heterocycles. The summed E-state index contributed by atoms with van der Waals surface area (Å²) >= 11 is 0. The highest BCUT2D eigenvalue weighted by Gasteiger charge is 2.21. The van der Waals surface area contributed by atoms with Crippen molar-refractivity contribution in [2.45, 2.75) is 0 Å². The van der Waals surface area contributed by atoms with E-state index in [0.29, 0.717) is 13.1 Å². The SMILES string of the molecule is CN1CCN(/C(N)=N/N)CC1=O. The number of piperazine rings is 1. The lowest BCUT2D eigenvalue weighted by molar-refractivity contribution is -0.132. The highest BCUT2D eigenvalue weighted by Crippen LogP contribution is 1.99. The average molecular weight is 171 g/mol. The second kappa shape index (κ2) is 3.29. The number of nitrogens with two attached hydrogens (primary N) is 2. The predicted molar refractivity (Wildman–Crippen MR) is 45.0 cm³/mol. The Morgan fingerprint density at radius 1 is 1.58 bits per heavy atom. The van der Waals surface area contributed by atoms with Gasteiger partial charge in [-0.1, -0.05) is 0 Å². The zero-order valence-corrected chi connectivity index (χ0v) is 7.03. The minimum atomic E-state index is 0.0350. The molecule has 1 saturated heterocycles. The van der Waals surface area contributed by atoms with Crippen LogP contribution in [0.25, 0.3) is 0 Å². The molecule has 0 saturated carbocycles. The molecule has 0 atom stereocenters. The van der Waals surface area contributed by atoms with Crippen molar-refractivity contribution in [2.75, 3.05) is 26.7 Å². The molecule has 0 aromatic carbocycles. The minimum absolute atomic E-state index is 0.0350. The maximum atomic E-state index is 11.2. The van der Waals surface area contributed by atoms with Crippen molar-refractivity contribution >= 4 is 11.9 Å². The Morgan fingerprint density at radius 2 is 2.25 bits per heavy atom. The van der Waals surface area contributed by atoms with Crippen LogP contribution in [0.15, 0.2) is 5.10 Å². The standard InChI is InChI=1S/C6H13N5O/c1-10-2-3-11(4-5(10)12)6(7)9-8/h2-4,8H2,1H3,(H2,7,9). The molecule has 1 fully saturated rings.